The van der Waals surface area contributed by atoms with Gasteiger partial charge in [0.15, 0.2) is 0 Å². The van der Waals surface area contributed by atoms with Crippen LogP contribution in [0, 0.1) is 5.92 Å². The molecule has 24 heavy (non-hydrogen) atoms. The molecule has 0 radical (unpaired) electrons. The molecule has 0 spiro atoms. The maximum absolute atomic E-state index is 10.4. The van der Waals surface area contributed by atoms with E-state index in [0.717, 1.165) is 32.5 Å². The first-order valence-corrected chi connectivity index (χ1v) is 8.77. The van der Waals surface area contributed by atoms with E-state index < -0.39 is 5.60 Å². The van der Waals surface area contributed by atoms with Crippen LogP contribution >= 0.6 is 0 Å². The number of piperidine rings is 1. The van der Waals surface area contributed by atoms with Crippen LogP contribution in [0.1, 0.15) is 49.7 Å². The zero-order chi connectivity index (χ0) is 17.2. The lowest BCUT2D eigenvalue weighted by atomic mass is 9.83. The number of aliphatic hydroxyl groups is 2. The van der Waals surface area contributed by atoms with Crippen LogP contribution in [-0.2, 0) is 6.54 Å². The maximum atomic E-state index is 10.4. The van der Waals surface area contributed by atoms with Crippen molar-refractivity contribution in [2.45, 2.75) is 50.7 Å². The fourth-order valence-electron chi connectivity index (χ4n) is 3.69. The molecule has 130 valence electrons. The Kier molecular flexibility index (Phi) is 5.11. The van der Waals surface area contributed by atoms with Gasteiger partial charge in [-0.15, -0.1) is 0 Å². The Morgan fingerprint density at radius 3 is 2.83 bits per heavy atom. The maximum Gasteiger partial charge on any atom is 0.0889 e. The second-order valence-corrected chi connectivity index (χ2v) is 7.44. The van der Waals surface area contributed by atoms with Crippen molar-refractivity contribution in [3.63, 3.8) is 0 Å². The summed E-state index contributed by atoms with van der Waals surface area (Å²) >= 11 is 0. The van der Waals surface area contributed by atoms with Gasteiger partial charge in [0.25, 0.3) is 0 Å². The number of rotatable bonds is 6. The van der Waals surface area contributed by atoms with Gasteiger partial charge in [0.05, 0.1) is 12.2 Å². The molecule has 6 heteroatoms. The number of benzene rings is 1. The smallest absolute Gasteiger partial charge is 0.0889 e. The minimum absolute atomic E-state index is 0.100. The first kappa shape index (κ1) is 17.2. The molecule has 0 bridgehead atoms. The van der Waals surface area contributed by atoms with E-state index >= 15 is 0 Å². The van der Waals surface area contributed by atoms with Crippen LogP contribution in [0.3, 0.4) is 0 Å². The minimum Gasteiger partial charge on any atom is -0.393 e. The van der Waals surface area contributed by atoms with Crippen LogP contribution in [-0.4, -0.2) is 40.4 Å². The van der Waals surface area contributed by atoms with Crippen molar-refractivity contribution in [1.82, 2.24) is 4.90 Å². The van der Waals surface area contributed by atoms with E-state index in [4.69, 9.17) is 5.53 Å². The largest absolute Gasteiger partial charge is 0.393 e. The fraction of sp³-hybridized carbons (Fsp3) is 0.667. The first-order valence-electron chi connectivity index (χ1n) is 8.77. The third kappa shape index (κ3) is 3.90. The van der Waals surface area contributed by atoms with Crippen LogP contribution < -0.4 is 0 Å². The average molecular weight is 330 g/mol. The molecule has 1 aromatic rings. The highest BCUT2D eigenvalue weighted by Gasteiger charge is 2.35. The average Bonchev–Trinajstić information content (AvgIpc) is 3.42. The zero-order valence-electron chi connectivity index (χ0n) is 14.2. The summed E-state index contributed by atoms with van der Waals surface area (Å²) in [4.78, 5) is 5.25. The van der Waals surface area contributed by atoms with Gasteiger partial charge >= 0.3 is 0 Å². The van der Waals surface area contributed by atoms with Gasteiger partial charge in [-0.2, -0.15) is 0 Å². The highest BCUT2D eigenvalue weighted by molar-refractivity contribution is 5.47. The van der Waals surface area contributed by atoms with Crippen molar-refractivity contribution in [1.29, 1.82) is 0 Å². The SMILES string of the molecule is C[C@@](O)(CO)[C@H]1CCCN(Cc2ccc(N=[N+]=[N-])cc2C2CC2)C1. The Bertz CT molecular complexity index is 636. The van der Waals surface area contributed by atoms with E-state index in [2.05, 4.69) is 21.0 Å². The molecule has 2 fully saturated rings. The van der Waals surface area contributed by atoms with Gasteiger partial charge in [-0.05, 0) is 67.8 Å². The van der Waals surface area contributed by atoms with Gasteiger partial charge in [0, 0.05) is 29.6 Å². The fourth-order valence-corrected chi connectivity index (χ4v) is 3.69. The number of hydrogen-bond acceptors (Lipinski definition) is 4. The lowest BCUT2D eigenvalue weighted by molar-refractivity contribution is -0.0697. The molecule has 0 amide bonds. The summed E-state index contributed by atoms with van der Waals surface area (Å²) in [5.41, 5.74) is 10.9. The second kappa shape index (κ2) is 7.11. The molecule has 2 atom stereocenters. The third-order valence-electron chi connectivity index (χ3n) is 5.41. The molecule has 2 N–H and O–H groups in total. The molecule has 1 saturated carbocycles. The molecule has 0 unspecified atom stereocenters. The number of nitrogens with zero attached hydrogens (tertiary/aromatic N) is 4. The second-order valence-electron chi connectivity index (χ2n) is 7.44. The van der Waals surface area contributed by atoms with Gasteiger partial charge in [-0.25, -0.2) is 0 Å². The highest BCUT2D eigenvalue weighted by atomic mass is 16.3. The first-order chi connectivity index (χ1) is 11.5. The molecule has 2 aliphatic rings. The molecule has 1 aliphatic carbocycles. The Labute approximate surface area is 142 Å². The molecule has 1 saturated heterocycles. The molecule has 1 heterocycles. The third-order valence-corrected chi connectivity index (χ3v) is 5.41. The van der Waals surface area contributed by atoms with Crippen molar-refractivity contribution >= 4 is 5.69 Å². The van der Waals surface area contributed by atoms with Gasteiger partial charge < -0.3 is 10.2 Å². The topological polar surface area (TPSA) is 92.5 Å². The van der Waals surface area contributed by atoms with E-state index in [1.165, 1.54) is 24.0 Å². The number of azide groups is 1. The lowest BCUT2D eigenvalue weighted by Gasteiger charge is -2.39. The summed E-state index contributed by atoms with van der Waals surface area (Å²) in [5, 5.41) is 23.5. The predicted octanol–water partition coefficient (Wildman–Crippen LogP) is 3.46. The Morgan fingerprint density at radius 2 is 2.17 bits per heavy atom. The van der Waals surface area contributed by atoms with Crippen LogP contribution in [0.2, 0.25) is 0 Å². The van der Waals surface area contributed by atoms with E-state index in [1.807, 2.05) is 12.1 Å². The van der Waals surface area contributed by atoms with Crippen molar-refractivity contribution in [2.24, 2.45) is 11.0 Å². The van der Waals surface area contributed by atoms with Crippen LogP contribution in [0.25, 0.3) is 10.4 Å². The summed E-state index contributed by atoms with van der Waals surface area (Å²) in [6, 6.07) is 5.98. The summed E-state index contributed by atoms with van der Waals surface area (Å²) in [6.45, 7) is 4.20. The molecule has 0 aromatic heterocycles. The molecular formula is C18H26N4O2. The quantitative estimate of drug-likeness (QED) is 0.475. The van der Waals surface area contributed by atoms with E-state index in [1.54, 1.807) is 6.92 Å². The molecule has 6 nitrogen and oxygen atoms in total. The van der Waals surface area contributed by atoms with Crippen LogP contribution in [0.15, 0.2) is 23.3 Å². The number of aliphatic hydroxyl groups excluding tert-OH is 1. The summed E-state index contributed by atoms with van der Waals surface area (Å²) in [7, 11) is 0. The van der Waals surface area contributed by atoms with Crippen LogP contribution in [0.5, 0.6) is 0 Å². The predicted molar refractivity (Wildman–Crippen MR) is 92.9 cm³/mol. The number of likely N-dealkylation sites (tertiary alicyclic amines) is 1. The van der Waals surface area contributed by atoms with E-state index in [9.17, 15) is 10.2 Å². The van der Waals surface area contributed by atoms with Gasteiger partial charge in [-0.1, -0.05) is 17.2 Å². The summed E-state index contributed by atoms with van der Waals surface area (Å²) in [6.07, 6.45) is 4.40. The van der Waals surface area contributed by atoms with Crippen molar-refractivity contribution in [3.8, 4) is 0 Å². The Balaban J connectivity index is 1.74. The van der Waals surface area contributed by atoms with Gasteiger partial charge in [0.2, 0.25) is 0 Å². The van der Waals surface area contributed by atoms with Crippen molar-refractivity contribution in [2.75, 3.05) is 19.7 Å². The van der Waals surface area contributed by atoms with E-state index in [-0.39, 0.29) is 12.5 Å². The summed E-state index contributed by atoms with van der Waals surface area (Å²) < 4.78 is 0. The zero-order valence-corrected chi connectivity index (χ0v) is 14.2. The Morgan fingerprint density at radius 1 is 1.38 bits per heavy atom. The molecule has 3 rings (SSSR count). The lowest BCUT2D eigenvalue weighted by Crippen LogP contribution is -2.47. The molecule has 1 aliphatic heterocycles. The normalized spacial score (nSPS) is 24.2. The Hall–Kier alpha value is -1.59. The molecular weight excluding hydrogens is 304 g/mol. The number of hydrogen-bond donors (Lipinski definition) is 2. The van der Waals surface area contributed by atoms with Crippen molar-refractivity contribution in [3.05, 3.63) is 39.8 Å². The summed E-state index contributed by atoms with van der Waals surface area (Å²) in [5.74, 6) is 0.693. The van der Waals surface area contributed by atoms with Crippen LogP contribution in [0.4, 0.5) is 5.69 Å². The highest BCUT2D eigenvalue weighted by Crippen LogP contribution is 2.43. The monoisotopic (exact) mass is 330 g/mol. The van der Waals surface area contributed by atoms with Gasteiger partial charge in [0.1, 0.15) is 0 Å². The molecule has 1 aromatic carbocycles. The standard InChI is InChI=1S/C18H26N4O2/c1-18(24,12-23)15-3-2-8-22(11-15)10-14-6-7-16(20-21-19)9-17(14)13-4-5-13/h6-7,9,13,15,23-24H,2-5,8,10-12H2,1H3/t15-,18+/m0/s1. The van der Waals surface area contributed by atoms with Crippen molar-refractivity contribution < 1.29 is 10.2 Å². The van der Waals surface area contributed by atoms with E-state index in [0.29, 0.717) is 11.6 Å². The van der Waals surface area contributed by atoms with Gasteiger partial charge in [-0.3, -0.25) is 4.90 Å². The minimum atomic E-state index is -1.01.